The molecule has 0 atom stereocenters. The Morgan fingerprint density at radius 3 is 2.79 bits per heavy atom. The van der Waals surface area contributed by atoms with Crippen LogP contribution < -0.4 is 5.11 Å². The van der Waals surface area contributed by atoms with E-state index in [9.17, 15) is 9.90 Å². The van der Waals surface area contributed by atoms with Crippen molar-refractivity contribution in [3.8, 4) is 11.5 Å². The molecule has 120 valence electrons. The van der Waals surface area contributed by atoms with E-state index in [4.69, 9.17) is 0 Å². The van der Waals surface area contributed by atoms with Crippen molar-refractivity contribution in [1.82, 2.24) is 19.1 Å². The predicted molar refractivity (Wildman–Crippen MR) is 89.4 cm³/mol. The molecule has 0 fully saturated rings. The molecule has 0 spiro atoms. The van der Waals surface area contributed by atoms with Crippen LogP contribution in [-0.2, 0) is 13.6 Å². The maximum absolute atomic E-state index is 11.0. The zero-order valence-electron chi connectivity index (χ0n) is 13.4. The molecule has 6 heteroatoms. The van der Waals surface area contributed by atoms with Gasteiger partial charge in [0.2, 0.25) is 0 Å². The number of rotatable bonds is 3. The Morgan fingerprint density at radius 2 is 2.04 bits per heavy atom. The largest absolute Gasteiger partial charge is 0.545 e. The number of pyridine rings is 1. The van der Waals surface area contributed by atoms with Gasteiger partial charge in [-0.2, -0.15) is 0 Å². The molecule has 0 radical (unpaired) electrons. The first-order valence-electron chi connectivity index (χ1n) is 7.72. The Kier molecular flexibility index (Phi) is 3.13. The number of carboxylic acid groups (broad SMARTS) is 1. The lowest BCUT2D eigenvalue weighted by Gasteiger charge is -2.07. The van der Waals surface area contributed by atoms with E-state index in [-0.39, 0.29) is 5.56 Å². The molecular weight excluding hydrogens is 304 g/mol. The summed E-state index contributed by atoms with van der Waals surface area (Å²) in [6.45, 7) is 2.90. The Balaban J connectivity index is 1.99. The van der Waals surface area contributed by atoms with Gasteiger partial charge in [0, 0.05) is 36.3 Å². The van der Waals surface area contributed by atoms with Crippen LogP contribution in [0.2, 0.25) is 0 Å². The maximum atomic E-state index is 11.0. The fourth-order valence-electron chi connectivity index (χ4n) is 3.15. The number of aromatic carboxylic acids is 1. The number of aryl methyl sites for hydroxylation is 2. The van der Waals surface area contributed by atoms with Gasteiger partial charge in [-0.1, -0.05) is 18.2 Å². The summed E-state index contributed by atoms with van der Waals surface area (Å²) in [5, 5.41) is 12.2. The fourth-order valence-corrected chi connectivity index (χ4v) is 3.15. The van der Waals surface area contributed by atoms with Crippen LogP contribution in [0.1, 0.15) is 17.3 Å². The zero-order valence-corrected chi connectivity index (χ0v) is 13.4. The lowest BCUT2D eigenvalue weighted by molar-refractivity contribution is -0.255. The third-order valence-corrected chi connectivity index (χ3v) is 4.30. The first-order valence-corrected chi connectivity index (χ1v) is 7.72. The highest BCUT2D eigenvalue weighted by Gasteiger charge is 2.16. The number of imidazole rings is 1. The predicted octanol–water partition coefficient (Wildman–Crippen LogP) is 1.97. The van der Waals surface area contributed by atoms with E-state index in [1.165, 1.54) is 12.3 Å². The molecule has 0 aliphatic rings. The highest BCUT2D eigenvalue weighted by molar-refractivity contribution is 5.91. The maximum Gasteiger partial charge on any atom is 0.160 e. The molecule has 24 heavy (non-hydrogen) atoms. The Labute approximate surface area is 138 Å². The zero-order chi connectivity index (χ0) is 16.8. The van der Waals surface area contributed by atoms with Crippen molar-refractivity contribution in [1.29, 1.82) is 0 Å². The molecule has 3 aromatic heterocycles. The van der Waals surface area contributed by atoms with Gasteiger partial charge >= 0.3 is 0 Å². The van der Waals surface area contributed by atoms with Crippen LogP contribution in [0.3, 0.4) is 0 Å². The van der Waals surface area contributed by atoms with Crippen LogP contribution in [0.15, 0.2) is 42.6 Å². The molecule has 0 unspecified atom stereocenters. The Morgan fingerprint density at radius 1 is 1.25 bits per heavy atom. The number of para-hydroxylation sites is 1. The van der Waals surface area contributed by atoms with Gasteiger partial charge in [-0.05, 0) is 25.1 Å². The molecule has 0 saturated heterocycles. The number of hydrogen-bond donors (Lipinski definition) is 0. The summed E-state index contributed by atoms with van der Waals surface area (Å²) in [6.07, 6.45) is 1.30. The van der Waals surface area contributed by atoms with Gasteiger partial charge < -0.3 is 19.0 Å². The van der Waals surface area contributed by atoms with Crippen LogP contribution in [0.4, 0.5) is 0 Å². The van der Waals surface area contributed by atoms with Crippen molar-refractivity contribution in [2.75, 3.05) is 0 Å². The van der Waals surface area contributed by atoms with Crippen molar-refractivity contribution in [3.63, 3.8) is 0 Å². The molecule has 0 bridgehead atoms. The van der Waals surface area contributed by atoms with Crippen LogP contribution in [0.5, 0.6) is 0 Å². The monoisotopic (exact) mass is 319 g/mol. The first kappa shape index (κ1) is 14.4. The minimum Gasteiger partial charge on any atom is -0.545 e. The minimum atomic E-state index is -1.25. The summed E-state index contributed by atoms with van der Waals surface area (Å²) in [4.78, 5) is 19.9. The van der Waals surface area contributed by atoms with Crippen LogP contribution in [0, 0.1) is 0 Å². The first-order chi connectivity index (χ1) is 11.6. The Bertz CT molecular complexity index is 1090. The molecule has 4 rings (SSSR count). The molecule has 0 amide bonds. The number of carbonyl (C=O) groups excluding carboxylic acids is 1. The molecule has 6 nitrogen and oxygen atoms in total. The topological polar surface area (TPSA) is 75.8 Å². The minimum absolute atomic E-state index is 0.0307. The fraction of sp³-hybridized carbons (Fsp3) is 0.167. The average molecular weight is 319 g/mol. The van der Waals surface area contributed by atoms with E-state index in [2.05, 4.69) is 39.7 Å². The quantitative estimate of drug-likeness (QED) is 0.578. The third-order valence-electron chi connectivity index (χ3n) is 4.30. The van der Waals surface area contributed by atoms with Crippen LogP contribution >= 0.6 is 0 Å². The highest BCUT2D eigenvalue weighted by atomic mass is 16.4. The number of nitrogens with zero attached hydrogens (tertiary/aromatic N) is 4. The second kappa shape index (κ2) is 5.19. The van der Waals surface area contributed by atoms with E-state index in [0.29, 0.717) is 11.2 Å². The smallest absolute Gasteiger partial charge is 0.160 e. The summed E-state index contributed by atoms with van der Waals surface area (Å²) >= 11 is 0. The molecule has 0 saturated carbocycles. The molecule has 4 aromatic rings. The van der Waals surface area contributed by atoms with Crippen molar-refractivity contribution >= 4 is 28.0 Å². The lowest BCUT2D eigenvalue weighted by atomic mass is 10.2. The lowest BCUT2D eigenvalue weighted by Crippen LogP contribution is -2.22. The second-order valence-corrected chi connectivity index (χ2v) is 5.68. The molecule has 3 heterocycles. The molecule has 1 aromatic carbocycles. The number of fused-ring (bicyclic) bond motifs is 2. The normalized spacial score (nSPS) is 11.4. The van der Waals surface area contributed by atoms with E-state index in [0.717, 1.165) is 29.0 Å². The van der Waals surface area contributed by atoms with Crippen LogP contribution in [0.25, 0.3) is 33.6 Å². The van der Waals surface area contributed by atoms with E-state index in [1.807, 2.05) is 23.7 Å². The molecule has 0 aliphatic heterocycles. The number of benzene rings is 1. The second-order valence-electron chi connectivity index (χ2n) is 5.68. The highest BCUT2D eigenvalue weighted by Crippen LogP contribution is 2.29. The summed E-state index contributed by atoms with van der Waals surface area (Å²) in [5.74, 6) is -0.495. The standard InChI is InChI=1S/C18H16N4O2/c1-3-22-14-7-5-4-6-11(14)9-15(22)17-20-13-8-12(18(23)24)10-19-16(13)21(17)2/h4-10H,3H2,1-2H3,(H,23,24)/p-1. The van der Waals surface area contributed by atoms with Gasteiger partial charge in [0.25, 0.3) is 0 Å². The average Bonchev–Trinajstić information content (AvgIpc) is 3.12. The van der Waals surface area contributed by atoms with Crippen molar-refractivity contribution in [3.05, 3.63) is 48.2 Å². The van der Waals surface area contributed by atoms with E-state index >= 15 is 0 Å². The van der Waals surface area contributed by atoms with Gasteiger partial charge in [-0.15, -0.1) is 0 Å². The van der Waals surface area contributed by atoms with E-state index < -0.39 is 5.97 Å². The Hall–Kier alpha value is -3.15. The molecule has 0 aliphatic carbocycles. The molecule has 0 N–H and O–H groups in total. The van der Waals surface area contributed by atoms with Gasteiger partial charge in [-0.3, -0.25) is 0 Å². The third kappa shape index (κ3) is 2.00. The summed E-state index contributed by atoms with van der Waals surface area (Å²) in [5.41, 5.74) is 3.34. The van der Waals surface area contributed by atoms with Gasteiger partial charge in [0.15, 0.2) is 11.5 Å². The number of carboxylic acids is 1. The van der Waals surface area contributed by atoms with Crippen molar-refractivity contribution < 1.29 is 9.90 Å². The number of aromatic nitrogens is 4. The summed E-state index contributed by atoms with van der Waals surface area (Å²) in [6, 6.07) is 11.8. The van der Waals surface area contributed by atoms with Gasteiger partial charge in [0.1, 0.15) is 5.52 Å². The van der Waals surface area contributed by atoms with Crippen molar-refractivity contribution in [2.45, 2.75) is 13.5 Å². The summed E-state index contributed by atoms with van der Waals surface area (Å²) in [7, 11) is 1.88. The van der Waals surface area contributed by atoms with Crippen molar-refractivity contribution in [2.24, 2.45) is 7.05 Å². The van der Waals surface area contributed by atoms with E-state index in [1.54, 1.807) is 0 Å². The van der Waals surface area contributed by atoms with Crippen LogP contribution in [-0.4, -0.2) is 25.1 Å². The number of carbonyl (C=O) groups is 1. The molecular formula is C18H15N4O2-. The summed E-state index contributed by atoms with van der Waals surface area (Å²) < 4.78 is 4.07. The van der Waals surface area contributed by atoms with Gasteiger partial charge in [-0.25, -0.2) is 9.97 Å². The SMILES string of the molecule is CCn1c(-c2nc3cc(C(=O)[O-])cnc3n2C)cc2ccccc21. The number of hydrogen-bond acceptors (Lipinski definition) is 4. The van der Waals surface area contributed by atoms with Gasteiger partial charge in [0.05, 0.1) is 11.7 Å².